The Kier molecular flexibility index (Phi) is 4.74. The molecule has 8 heteroatoms. The molecule has 2 atom stereocenters. The molecule has 0 bridgehead atoms. The molecule has 1 aliphatic rings. The van der Waals surface area contributed by atoms with Crippen molar-refractivity contribution in [2.45, 2.75) is 36.4 Å². The number of esters is 1. The average molecular weight is 390 g/mol. The summed E-state index contributed by atoms with van der Waals surface area (Å²) >= 11 is 7.37. The summed E-state index contributed by atoms with van der Waals surface area (Å²) in [5, 5.41) is 9.69. The van der Waals surface area contributed by atoms with Gasteiger partial charge in [0.15, 0.2) is 11.0 Å². The molecule has 0 N–H and O–H groups in total. The molecule has 0 radical (unpaired) electrons. The van der Waals surface area contributed by atoms with Crippen LogP contribution in [0.4, 0.5) is 0 Å². The number of ether oxygens (including phenoxy) is 1. The summed E-state index contributed by atoms with van der Waals surface area (Å²) in [7, 11) is 0. The van der Waals surface area contributed by atoms with Gasteiger partial charge in [0.1, 0.15) is 17.1 Å². The summed E-state index contributed by atoms with van der Waals surface area (Å²) in [4.78, 5) is 12.0. The maximum absolute atomic E-state index is 12.0. The van der Waals surface area contributed by atoms with Crippen molar-refractivity contribution in [3.8, 4) is 11.4 Å². The molecule has 2 unspecified atom stereocenters. The zero-order valence-corrected chi connectivity index (χ0v) is 15.5. The van der Waals surface area contributed by atoms with E-state index in [0.717, 1.165) is 11.3 Å². The number of aromatic nitrogens is 3. The minimum absolute atomic E-state index is 0.0721. The molecular weight excluding hydrogens is 374 g/mol. The van der Waals surface area contributed by atoms with Gasteiger partial charge in [-0.05, 0) is 43.3 Å². The molecule has 0 spiro atoms. The van der Waals surface area contributed by atoms with E-state index in [0.29, 0.717) is 29.0 Å². The van der Waals surface area contributed by atoms with Crippen LogP contribution in [0.3, 0.4) is 0 Å². The number of cyclic esters (lactones) is 1. The largest absolute Gasteiger partial charge is 0.467 e. The van der Waals surface area contributed by atoms with E-state index in [9.17, 15) is 4.79 Å². The number of rotatable bonds is 5. The lowest BCUT2D eigenvalue weighted by molar-refractivity contribution is -0.140. The van der Waals surface area contributed by atoms with Gasteiger partial charge in [-0.3, -0.25) is 9.36 Å². The molecule has 1 fully saturated rings. The van der Waals surface area contributed by atoms with E-state index in [2.05, 4.69) is 10.2 Å². The molecule has 26 heavy (non-hydrogen) atoms. The van der Waals surface area contributed by atoms with Gasteiger partial charge in [-0.15, -0.1) is 10.2 Å². The number of furan rings is 1. The highest BCUT2D eigenvalue weighted by molar-refractivity contribution is 8.00. The lowest BCUT2D eigenvalue weighted by Gasteiger charge is -2.10. The van der Waals surface area contributed by atoms with Crippen LogP contribution in [0, 0.1) is 0 Å². The van der Waals surface area contributed by atoms with Crippen LogP contribution in [-0.4, -0.2) is 32.1 Å². The van der Waals surface area contributed by atoms with Crippen LogP contribution >= 0.6 is 23.4 Å². The van der Waals surface area contributed by atoms with Crippen molar-refractivity contribution in [2.24, 2.45) is 0 Å². The number of carbonyl (C=O) groups excluding carboxylic acids is 1. The van der Waals surface area contributed by atoms with Gasteiger partial charge in [0.25, 0.3) is 0 Å². The highest BCUT2D eigenvalue weighted by Crippen LogP contribution is 2.33. The van der Waals surface area contributed by atoms with Gasteiger partial charge in [-0.25, -0.2) is 0 Å². The predicted molar refractivity (Wildman–Crippen MR) is 98.1 cm³/mol. The Bertz CT molecular complexity index is 908. The van der Waals surface area contributed by atoms with Gasteiger partial charge in [0.2, 0.25) is 0 Å². The van der Waals surface area contributed by atoms with Crippen molar-refractivity contribution >= 4 is 29.3 Å². The summed E-state index contributed by atoms with van der Waals surface area (Å²) in [5.74, 6) is 1.27. The Hall–Kier alpha value is -2.25. The van der Waals surface area contributed by atoms with Crippen LogP contribution in [0.5, 0.6) is 0 Å². The number of hydrogen-bond donors (Lipinski definition) is 0. The standard InChI is InChI=1S/C18H16ClN3O3S/c1-11-9-15(17(23)25-11)26-18-21-20-16(12-4-6-13(19)7-5-12)22(18)10-14-3-2-8-24-14/h2-8,11,15H,9-10H2,1H3. The quantitative estimate of drug-likeness (QED) is 0.613. The van der Waals surface area contributed by atoms with Gasteiger partial charge in [0, 0.05) is 17.0 Å². The first kappa shape index (κ1) is 17.2. The molecule has 1 aromatic carbocycles. The van der Waals surface area contributed by atoms with Crippen LogP contribution < -0.4 is 0 Å². The first-order valence-electron chi connectivity index (χ1n) is 8.19. The molecule has 1 saturated heterocycles. The molecule has 0 aliphatic carbocycles. The second kappa shape index (κ2) is 7.17. The minimum Gasteiger partial charge on any atom is -0.467 e. The first-order chi connectivity index (χ1) is 12.6. The highest BCUT2D eigenvalue weighted by Gasteiger charge is 2.34. The van der Waals surface area contributed by atoms with Gasteiger partial charge >= 0.3 is 5.97 Å². The summed E-state index contributed by atoms with van der Waals surface area (Å²) in [6.07, 6.45) is 2.22. The van der Waals surface area contributed by atoms with Crippen molar-refractivity contribution < 1.29 is 13.9 Å². The topological polar surface area (TPSA) is 70.2 Å². The number of thioether (sulfide) groups is 1. The predicted octanol–water partition coefficient (Wildman–Crippen LogP) is 4.04. The molecule has 134 valence electrons. The van der Waals surface area contributed by atoms with Gasteiger partial charge < -0.3 is 9.15 Å². The second-order valence-corrected chi connectivity index (χ2v) is 7.67. The normalized spacial score (nSPS) is 19.7. The van der Waals surface area contributed by atoms with E-state index in [1.165, 1.54) is 11.8 Å². The van der Waals surface area contributed by atoms with E-state index in [4.69, 9.17) is 20.8 Å². The third-order valence-electron chi connectivity index (χ3n) is 4.09. The molecule has 0 saturated carbocycles. The first-order valence-corrected chi connectivity index (χ1v) is 9.44. The van der Waals surface area contributed by atoms with Crippen LogP contribution in [0.2, 0.25) is 5.02 Å². The number of nitrogens with zero attached hydrogens (tertiary/aromatic N) is 3. The highest BCUT2D eigenvalue weighted by atomic mass is 35.5. The monoisotopic (exact) mass is 389 g/mol. The van der Waals surface area contributed by atoms with Crippen molar-refractivity contribution in [2.75, 3.05) is 0 Å². The average Bonchev–Trinajstić information content (AvgIpc) is 3.32. The summed E-state index contributed by atoms with van der Waals surface area (Å²) in [5.41, 5.74) is 0.891. The summed E-state index contributed by atoms with van der Waals surface area (Å²) < 4.78 is 12.7. The maximum Gasteiger partial charge on any atom is 0.319 e. The van der Waals surface area contributed by atoms with Gasteiger partial charge in [0.05, 0.1) is 12.8 Å². The zero-order chi connectivity index (χ0) is 18.1. The van der Waals surface area contributed by atoms with E-state index in [1.807, 2.05) is 47.9 Å². The summed E-state index contributed by atoms with van der Waals surface area (Å²) in [6, 6.07) is 11.1. The fraction of sp³-hybridized carbons (Fsp3) is 0.278. The van der Waals surface area contributed by atoms with Gasteiger partial charge in [-0.2, -0.15) is 0 Å². The molecule has 1 aliphatic heterocycles. The fourth-order valence-corrected chi connectivity index (χ4v) is 4.10. The Morgan fingerprint density at radius 1 is 1.27 bits per heavy atom. The van der Waals surface area contributed by atoms with Crippen LogP contribution in [0.25, 0.3) is 11.4 Å². The van der Waals surface area contributed by atoms with Crippen molar-refractivity contribution in [1.82, 2.24) is 14.8 Å². The lowest BCUT2D eigenvalue weighted by atomic mass is 10.2. The Balaban J connectivity index is 1.69. The molecule has 4 rings (SSSR count). The molecular formula is C18H16ClN3O3S. The molecule has 6 nitrogen and oxygen atoms in total. The zero-order valence-electron chi connectivity index (χ0n) is 14.0. The number of benzene rings is 1. The molecule has 3 aromatic rings. The van der Waals surface area contributed by atoms with E-state index in [-0.39, 0.29) is 17.3 Å². The maximum atomic E-state index is 12.0. The van der Waals surface area contributed by atoms with E-state index < -0.39 is 0 Å². The Labute approximate surface area is 159 Å². The SMILES string of the molecule is CC1CC(Sc2nnc(-c3ccc(Cl)cc3)n2Cc2ccco2)C(=O)O1. The van der Waals surface area contributed by atoms with Crippen LogP contribution in [0.15, 0.2) is 52.2 Å². The molecule has 0 amide bonds. The fourth-order valence-electron chi connectivity index (χ4n) is 2.83. The number of hydrogen-bond acceptors (Lipinski definition) is 6. The van der Waals surface area contributed by atoms with Gasteiger partial charge in [-0.1, -0.05) is 23.4 Å². The van der Waals surface area contributed by atoms with Crippen LogP contribution in [0.1, 0.15) is 19.1 Å². The molecule has 3 heterocycles. The van der Waals surface area contributed by atoms with E-state index >= 15 is 0 Å². The Morgan fingerprint density at radius 3 is 2.73 bits per heavy atom. The van der Waals surface area contributed by atoms with E-state index in [1.54, 1.807) is 6.26 Å². The van der Waals surface area contributed by atoms with Crippen molar-refractivity contribution in [1.29, 1.82) is 0 Å². The number of carbonyl (C=O) groups is 1. The second-order valence-electron chi connectivity index (χ2n) is 6.07. The Morgan fingerprint density at radius 2 is 2.08 bits per heavy atom. The smallest absolute Gasteiger partial charge is 0.319 e. The third kappa shape index (κ3) is 3.50. The van der Waals surface area contributed by atoms with Crippen molar-refractivity contribution in [3.63, 3.8) is 0 Å². The lowest BCUT2D eigenvalue weighted by Crippen LogP contribution is -2.12. The minimum atomic E-state index is -0.275. The van der Waals surface area contributed by atoms with Crippen molar-refractivity contribution in [3.05, 3.63) is 53.4 Å². The summed E-state index contributed by atoms with van der Waals surface area (Å²) in [6.45, 7) is 2.36. The number of halogens is 1. The molecule has 2 aromatic heterocycles. The van der Waals surface area contributed by atoms with Crippen LogP contribution in [-0.2, 0) is 16.1 Å². The third-order valence-corrected chi connectivity index (χ3v) is 5.52.